The van der Waals surface area contributed by atoms with E-state index in [4.69, 9.17) is 0 Å². The molecule has 0 N–H and O–H groups in total. The van der Waals surface area contributed by atoms with E-state index in [1.807, 2.05) is 18.7 Å². The van der Waals surface area contributed by atoms with Gasteiger partial charge in [0.15, 0.2) is 5.12 Å². The van der Waals surface area contributed by atoms with E-state index in [0.717, 1.165) is 22.6 Å². The molecule has 4 nitrogen and oxygen atoms in total. The van der Waals surface area contributed by atoms with Crippen molar-refractivity contribution in [2.45, 2.75) is 27.2 Å². The second-order valence-electron chi connectivity index (χ2n) is 5.00. The van der Waals surface area contributed by atoms with Gasteiger partial charge >= 0.3 is 0 Å². The van der Waals surface area contributed by atoms with Gasteiger partial charge in [-0.25, -0.2) is 0 Å². The molecule has 2 rings (SSSR count). The van der Waals surface area contributed by atoms with Crippen LogP contribution in [0.3, 0.4) is 0 Å². The van der Waals surface area contributed by atoms with E-state index in [0.29, 0.717) is 13.0 Å². The Morgan fingerprint density at radius 2 is 2.05 bits per heavy atom. The molecule has 2 heterocycles. The smallest absolute Gasteiger partial charge is 0.227 e. The fourth-order valence-corrected chi connectivity index (χ4v) is 3.16. The number of thioether (sulfide) groups is 1. The summed E-state index contributed by atoms with van der Waals surface area (Å²) in [5.41, 5.74) is 3.02. The molecule has 1 aliphatic heterocycles. The van der Waals surface area contributed by atoms with Crippen LogP contribution in [0.15, 0.2) is 12.4 Å². The number of nitrogens with zero attached hydrogens (tertiary/aromatic N) is 2. The normalized spacial score (nSPS) is 19.0. The Hall–Kier alpha value is -1.36. The Kier molecular flexibility index (Phi) is 4.24. The van der Waals surface area contributed by atoms with Crippen molar-refractivity contribution in [3.8, 4) is 0 Å². The molecule has 1 aromatic rings. The van der Waals surface area contributed by atoms with Crippen LogP contribution in [0.2, 0.25) is 0 Å². The minimum Gasteiger partial charge on any atom is -0.311 e. The third-order valence-electron chi connectivity index (χ3n) is 3.28. The van der Waals surface area contributed by atoms with Crippen molar-refractivity contribution in [2.24, 2.45) is 5.92 Å². The zero-order valence-electron chi connectivity index (χ0n) is 11.5. The molecule has 19 heavy (non-hydrogen) atoms. The molecule has 0 spiro atoms. The molecule has 0 aromatic carbocycles. The van der Waals surface area contributed by atoms with Gasteiger partial charge in [0, 0.05) is 38.0 Å². The van der Waals surface area contributed by atoms with E-state index < -0.39 is 0 Å². The van der Waals surface area contributed by atoms with Gasteiger partial charge < -0.3 is 4.90 Å². The number of amides is 1. The third kappa shape index (κ3) is 3.15. The van der Waals surface area contributed by atoms with Gasteiger partial charge in [0.1, 0.15) is 0 Å². The van der Waals surface area contributed by atoms with Gasteiger partial charge in [-0.3, -0.25) is 14.6 Å². The molecule has 1 unspecified atom stereocenters. The molecular weight excluding hydrogens is 260 g/mol. The first-order valence-corrected chi connectivity index (χ1v) is 7.32. The topological polar surface area (TPSA) is 50.3 Å². The molecule has 5 heteroatoms. The van der Waals surface area contributed by atoms with Gasteiger partial charge in [-0.2, -0.15) is 0 Å². The Morgan fingerprint density at radius 1 is 1.42 bits per heavy atom. The van der Waals surface area contributed by atoms with Gasteiger partial charge in [0.25, 0.3) is 0 Å². The number of pyridine rings is 1. The van der Waals surface area contributed by atoms with E-state index in [-0.39, 0.29) is 16.9 Å². The highest BCUT2D eigenvalue weighted by molar-refractivity contribution is 8.13. The van der Waals surface area contributed by atoms with Crippen LogP contribution in [-0.4, -0.2) is 28.3 Å². The summed E-state index contributed by atoms with van der Waals surface area (Å²) in [5, 5.41) is 0.113. The second-order valence-corrected chi connectivity index (χ2v) is 6.20. The Morgan fingerprint density at radius 3 is 2.63 bits per heavy atom. The maximum atomic E-state index is 12.1. The SMILES string of the molecule is CC(=O)SCC1CC(=O)N(c2c(C)cncc2C)C1. The van der Waals surface area contributed by atoms with Crippen molar-refractivity contribution >= 4 is 28.5 Å². The lowest BCUT2D eigenvalue weighted by molar-refractivity contribution is -0.117. The number of aromatic nitrogens is 1. The van der Waals surface area contributed by atoms with Crippen molar-refractivity contribution in [3.63, 3.8) is 0 Å². The minimum atomic E-state index is 0.113. The second kappa shape index (κ2) is 5.74. The van der Waals surface area contributed by atoms with Crippen LogP contribution in [0, 0.1) is 19.8 Å². The number of carbonyl (C=O) groups excluding carboxylic acids is 2. The minimum absolute atomic E-state index is 0.113. The van der Waals surface area contributed by atoms with Crippen LogP contribution in [0.4, 0.5) is 5.69 Å². The molecule has 1 aromatic heterocycles. The van der Waals surface area contributed by atoms with Crippen molar-refractivity contribution in [2.75, 3.05) is 17.2 Å². The lowest BCUT2D eigenvalue weighted by atomic mass is 10.1. The quantitative estimate of drug-likeness (QED) is 0.851. The van der Waals surface area contributed by atoms with E-state index in [2.05, 4.69) is 4.98 Å². The van der Waals surface area contributed by atoms with Crippen molar-refractivity contribution in [3.05, 3.63) is 23.5 Å². The highest BCUT2D eigenvalue weighted by atomic mass is 32.2. The molecule has 1 atom stereocenters. The largest absolute Gasteiger partial charge is 0.311 e. The van der Waals surface area contributed by atoms with Crippen LogP contribution >= 0.6 is 11.8 Å². The Balaban J connectivity index is 2.14. The summed E-state index contributed by atoms with van der Waals surface area (Å²) in [6.07, 6.45) is 4.10. The van der Waals surface area contributed by atoms with Crippen LogP contribution in [0.5, 0.6) is 0 Å². The van der Waals surface area contributed by atoms with Crippen molar-refractivity contribution in [1.29, 1.82) is 0 Å². The van der Waals surface area contributed by atoms with Crippen LogP contribution < -0.4 is 4.90 Å². The van der Waals surface area contributed by atoms with E-state index in [9.17, 15) is 9.59 Å². The molecule has 0 radical (unpaired) electrons. The summed E-state index contributed by atoms with van der Waals surface area (Å²) in [6, 6.07) is 0. The summed E-state index contributed by atoms with van der Waals surface area (Å²) < 4.78 is 0. The lowest BCUT2D eigenvalue weighted by Crippen LogP contribution is -2.26. The van der Waals surface area contributed by atoms with Crippen LogP contribution in [0.25, 0.3) is 0 Å². The van der Waals surface area contributed by atoms with Crippen LogP contribution in [-0.2, 0) is 9.59 Å². The molecule has 1 aliphatic rings. The van der Waals surface area contributed by atoms with Gasteiger partial charge in [-0.05, 0) is 30.9 Å². The average molecular weight is 278 g/mol. The molecule has 0 aliphatic carbocycles. The molecular formula is C14H18N2O2S. The fourth-order valence-electron chi connectivity index (χ4n) is 2.46. The van der Waals surface area contributed by atoms with E-state index >= 15 is 0 Å². The zero-order valence-corrected chi connectivity index (χ0v) is 12.3. The van der Waals surface area contributed by atoms with Crippen LogP contribution in [0.1, 0.15) is 24.5 Å². The molecule has 0 bridgehead atoms. The molecule has 1 amide bonds. The van der Waals surface area contributed by atoms with Gasteiger partial charge in [-0.15, -0.1) is 0 Å². The lowest BCUT2D eigenvalue weighted by Gasteiger charge is -2.21. The van der Waals surface area contributed by atoms with Crippen molar-refractivity contribution in [1.82, 2.24) is 4.98 Å². The number of carbonyl (C=O) groups is 2. The number of rotatable bonds is 3. The molecule has 102 valence electrons. The summed E-state index contributed by atoms with van der Waals surface area (Å²) in [7, 11) is 0. The fraction of sp³-hybridized carbons (Fsp3) is 0.500. The van der Waals surface area contributed by atoms with E-state index in [1.165, 1.54) is 11.8 Å². The highest BCUT2D eigenvalue weighted by Gasteiger charge is 2.32. The van der Waals surface area contributed by atoms with Crippen molar-refractivity contribution < 1.29 is 9.59 Å². The predicted molar refractivity (Wildman–Crippen MR) is 77.3 cm³/mol. The molecule has 1 fully saturated rings. The number of hydrogen-bond donors (Lipinski definition) is 0. The monoisotopic (exact) mass is 278 g/mol. The highest BCUT2D eigenvalue weighted by Crippen LogP contribution is 2.31. The maximum absolute atomic E-state index is 12.1. The maximum Gasteiger partial charge on any atom is 0.227 e. The number of hydrogen-bond acceptors (Lipinski definition) is 4. The summed E-state index contributed by atoms with van der Waals surface area (Å²) in [5.74, 6) is 1.13. The summed E-state index contributed by atoms with van der Waals surface area (Å²) in [6.45, 7) is 6.21. The zero-order chi connectivity index (χ0) is 14.0. The Labute approximate surface area is 117 Å². The third-order valence-corrected chi connectivity index (χ3v) is 4.33. The predicted octanol–water partition coefficient (Wildman–Crippen LogP) is 2.33. The first-order valence-electron chi connectivity index (χ1n) is 6.34. The van der Waals surface area contributed by atoms with Gasteiger partial charge in [0.05, 0.1) is 5.69 Å². The average Bonchev–Trinajstić information content (AvgIpc) is 2.68. The standard InChI is InChI=1S/C14H18N2O2S/c1-9-5-15-6-10(2)14(9)16-7-12(4-13(16)18)8-19-11(3)17/h5-6,12H,4,7-8H2,1-3H3. The molecule has 0 saturated carbocycles. The summed E-state index contributed by atoms with van der Waals surface area (Å²) in [4.78, 5) is 29.1. The summed E-state index contributed by atoms with van der Waals surface area (Å²) >= 11 is 1.31. The number of anilines is 1. The van der Waals surface area contributed by atoms with Gasteiger partial charge in [0.2, 0.25) is 5.91 Å². The van der Waals surface area contributed by atoms with E-state index in [1.54, 1.807) is 19.3 Å². The number of aryl methyl sites for hydroxylation is 2. The first kappa shape index (κ1) is 14.1. The van der Waals surface area contributed by atoms with Gasteiger partial charge in [-0.1, -0.05) is 11.8 Å². The Bertz CT molecular complexity index is 496. The molecule has 1 saturated heterocycles. The first-order chi connectivity index (χ1) is 8.99.